The van der Waals surface area contributed by atoms with Gasteiger partial charge in [-0.15, -0.1) is 5.10 Å². The van der Waals surface area contributed by atoms with Crippen molar-refractivity contribution in [3.8, 4) is 0 Å². The molecule has 1 aromatic heterocycles. The third-order valence-corrected chi connectivity index (χ3v) is 3.37. The molecule has 0 aliphatic carbocycles. The number of rotatable bonds is 4. The fraction of sp³-hybridized carbons (Fsp3) is 0.118. The molecule has 3 aromatic rings. The minimum absolute atomic E-state index is 0.432. The van der Waals surface area contributed by atoms with Crippen LogP contribution >= 0.6 is 11.6 Å². The minimum Gasteiger partial charge on any atom is -0.339 e. The van der Waals surface area contributed by atoms with Crippen LogP contribution in [0, 0.1) is 13.8 Å². The lowest BCUT2D eigenvalue weighted by atomic mass is 10.1. The first-order chi connectivity index (χ1) is 11.1. The van der Waals surface area contributed by atoms with Gasteiger partial charge in [0.05, 0.1) is 6.20 Å². The van der Waals surface area contributed by atoms with Crippen LogP contribution < -0.4 is 10.6 Å². The summed E-state index contributed by atoms with van der Waals surface area (Å²) in [5.74, 6) is 1.02. The van der Waals surface area contributed by atoms with Crippen LogP contribution in [0.4, 0.5) is 23.1 Å². The van der Waals surface area contributed by atoms with Crippen molar-refractivity contribution in [1.82, 2.24) is 15.2 Å². The first-order valence-electron chi connectivity index (χ1n) is 7.16. The van der Waals surface area contributed by atoms with Gasteiger partial charge in [-0.1, -0.05) is 23.7 Å². The molecule has 0 radical (unpaired) electrons. The Morgan fingerprint density at radius 2 is 1.70 bits per heavy atom. The quantitative estimate of drug-likeness (QED) is 0.732. The Labute approximate surface area is 139 Å². The van der Waals surface area contributed by atoms with Crippen molar-refractivity contribution in [3.05, 3.63) is 64.8 Å². The maximum absolute atomic E-state index is 5.98. The van der Waals surface area contributed by atoms with Crippen molar-refractivity contribution < 1.29 is 0 Å². The molecule has 0 saturated carbocycles. The van der Waals surface area contributed by atoms with Crippen LogP contribution in [-0.4, -0.2) is 15.2 Å². The molecular formula is C17H16ClN5. The van der Waals surface area contributed by atoms with Gasteiger partial charge in [0.2, 0.25) is 5.95 Å². The number of aromatic nitrogens is 3. The molecule has 0 aliphatic rings. The van der Waals surface area contributed by atoms with Crippen molar-refractivity contribution in [1.29, 1.82) is 0 Å². The Morgan fingerprint density at radius 3 is 2.43 bits per heavy atom. The number of aryl methyl sites for hydroxylation is 2. The standard InChI is InChI=1S/C17H16ClN5/c1-11-6-12(2)8-15(7-11)21-17-22-16(10-19-23-17)20-14-5-3-4-13(18)9-14/h3-10H,1-2H3,(H2,20,21,22,23). The fourth-order valence-corrected chi connectivity index (χ4v) is 2.50. The lowest BCUT2D eigenvalue weighted by molar-refractivity contribution is 0.982. The number of hydrogen-bond donors (Lipinski definition) is 2. The second-order valence-corrected chi connectivity index (χ2v) is 5.74. The zero-order valence-corrected chi connectivity index (χ0v) is 13.6. The van der Waals surface area contributed by atoms with E-state index >= 15 is 0 Å². The summed E-state index contributed by atoms with van der Waals surface area (Å²) in [6.07, 6.45) is 1.56. The largest absolute Gasteiger partial charge is 0.339 e. The Kier molecular flexibility index (Phi) is 4.39. The average Bonchev–Trinajstić information content (AvgIpc) is 2.46. The third-order valence-electron chi connectivity index (χ3n) is 3.13. The van der Waals surface area contributed by atoms with Crippen LogP contribution in [0.3, 0.4) is 0 Å². The van der Waals surface area contributed by atoms with E-state index in [0.717, 1.165) is 11.4 Å². The van der Waals surface area contributed by atoms with E-state index < -0.39 is 0 Å². The normalized spacial score (nSPS) is 10.4. The monoisotopic (exact) mass is 325 g/mol. The molecule has 0 spiro atoms. The highest BCUT2D eigenvalue weighted by molar-refractivity contribution is 6.30. The first kappa shape index (κ1) is 15.2. The van der Waals surface area contributed by atoms with E-state index in [1.165, 1.54) is 11.1 Å². The molecule has 0 fully saturated rings. The van der Waals surface area contributed by atoms with Gasteiger partial charge >= 0.3 is 0 Å². The molecule has 0 saturated heterocycles. The lowest BCUT2D eigenvalue weighted by Gasteiger charge is -2.09. The van der Waals surface area contributed by atoms with Crippen molar-refractivity contribution in [3.63, 3.8) is 0 Å². The van der Waals surface area contributed by atoms with E-state index in [1.54, 1.807) is 6.20 Å². The Morgan fingerprint density at radius 1 is 0.913 bits per heavy atom. The van der Waals surface area contributed by atoms with Crippen molar-refractivity contribution in [2.45, 2.75) is 13.8 Å². The van der Waals surface area contributed by atoms with E-state index in [2.05, 4.69) is 45.7 Å². The van der Waals surface area contributed by atoms with Gasteiger partial charge in [-0.2, -0.15) is 10.1 Å². The highest BCUT2D eigenvalue weighted by Crippen LogP contribution is 2.20. The molecule has 0 amide bonds. The number of anilines is 4. The molecule has 0 unspecified atom stereocenters. The van der Waals surface area contributed by atoms with Crippen LogP contribution in [0.25, 0.3) is 0 Å². The molecule has 6 heteroatoms. The van der Waals surface area contributed by atoms with Gasteiger partial charge in [-0.25, -0.2) is 0 Å². The predicted molar refractivity (Wildman–Crippen MR) is 93.8 cm³/mol. The second kappa shape index (κ2) is 6.62. The van der Waals surface area contributed by atoms with E-state index in [0.29, 0.717) is 16.8 Å². The molecule has 5 nitrogen and oxygen atoms in total. The molecule has 0 atom stereocenters. The van der Waals surface area contributed by atoms with Crippen molar-refractivity contribution in [2.75, 3.05) is 10.6 Å². The summed E-state index contributed by atoms with van der Waals surface area (Å²) in [5.41, 5.74) is 4.13. The van der Waals surface area contributed by atoms with Gasteiger partial charge in [-0.3, -0.25) is 0 Å². The maximum Gasteiger partial charge on any atom is 0.249 e. The van der Waals surface area contributed by atoms with Gasteiger partial charge in [0.15, 0.2) is 5.82 Å². The molecule has 1 heterocycles. The second-order valence-electron chi connectivity index (χ2n) is 5.30. The van der Waals surface area contributed by atoms with Crippen molar-refractivity contribution in [2.24, 2.45) is 0 Å². The van der Waals surface area contributed by atoms with Gasteiger partial charge in [0.25, 0.3) is 0 Å². The number of nitrogens with one attached hydrogen (secondary N) is 2. The summed E-state index contributed by atoms with van der Waals surface area (Å²) in [7, 11) is 0. The smallest absolute Gasteiger partial charge is 0.249 e. The van der Waals surface area contributed by atoms with Crippen molar-refractivity contribution >= 4 is 34.7 Å². The SMILES string of the molecule is Cc1cc(C)cc(Nc2nncc(Nc3cccc(Cl)c3)n2)c1. The van der Waals surface area contributed by atoms with E-state index in [1.807, 2.05) is 36.4 Å². The summed E-state index contributed by atoms with van der Waals surface area (Å²) in [4.78, 5) is 4.41. The van der Waals surface area contributed by atoms with Gasteiger partial charge < -0.3 is 10.6 Å². The van der Waals surface area contributed by atoms with Crippen LogP contribution in [0.5, 0.6) is 0 Å². The Hall–Kier alpha value is -2.66. The van der Waals surface area contributed by atoms with E-state index in [9.17, 15) is 0 Å². The third kappa shape index (κ3) is 4.17. The molecule has 3 rings (SSSR count). The predicted octanol–water partition coefficient (Wildman–Crippen LogP) is 4.63. The van der Waals surface area contributed by atoms with Gasteiger partial charge in [0, 0.05) is 16.4 Å². The first-order valence-corrected chi connectivity index (χ1v) is 7.54. The highest BCUT2D eigenvalue weighted by Gasteiger charge is 2.03. The summed E-state index contributed by atoms with van der Waals surface area (Å²) in [6, 6.07) is 13.6. The molecule has 116 valence electrons. The number of benzene rings is 2. The van der Waals surface area contributed by atoms with E-state index in [4.69, 9.17) is 11.6 Å². The lowest BCUT2D eigenvalue weighted by Crippen LogP contribution is -2.02. The fourth-order valence-electron chi connectivity index (χ4n) is 2.31. The summed E-state index contributed by atoms with van der Waals surface area (Å²) >= 11 is 5.98. The summed E-state index contributed by atoms with van der Waals surface area (Å²) in [5, 5.41) is 15.0. The zero-order valence-electron chi connectivity index (χ0n) is 12.8. The van der Waals surface area contributed by atoms with Crippen LogP contribution in [0.15, 0.2) is 48.7 Å². The minimum atomic E-state index is 0.432. The van der Waals surface area contributed by atoms with Crippen LogP contribution in [-0.2, 0) is 0 Å². The molecular weight excluding hydrogens is 310 g/mol. The topological polar surface area (TPSA) is 62.7 Å². The van der Waals surface area contributed by atoms with E-state index in [-0.39, 0.29) is 0 Å². The maximum atomic E-state index is 5.98. The van der Waals surface area contributed by atoms with Gasteiger partial charge in [0.1, 0.15) is 0 Å². The van der Waals surface area contributed by atoms with Crippen LogP contribution in [0.1, 0.15) is 11.1 Å². The number of nitrogens with zero attached hydrogens (tertiary/aromatic N) is 3. The van der Waals surface area contributed by atoms with Crippen LogP contribution in [0.2, 0.25) is 5.02 Å². The molecule has 0 aliphatic heterocycles. The van der Waals surface area contributed by atoms with Gasteiger partial charge in [-0.05, 0) is 55.3 Å². The number of halogens is 1. The Balaban J connectivity index is 1.79. The Bertz CT molecular complexity index is 814. The molecule has 0 bridgehead atoms. The summed E-state index contributed by atoms with van der Waals surface area (Å²) in [6.45, 7) is 4.10. The average molecular weight is 326 g/mol. The zero-order chi connectivity index (χ0) is 16.2. The molecule has 2 N–H and O–H groups in total. The molecule has 2 aromatic carbocycles. The molecule has 23 heavy (non-hydrogen) atoms. The highest BCUT2D eigenvalue weighted by atomic mass is 35.5. The summed E-state index contributed by atoms with van der Waals surface area (Å²) < 4.78 is 0. The number of hydrogen-bond acceptors (Lipinski definition) is 5.